The summed E-state index contributed by atoms with van der Waals surface area (Å²) in [6.45, 7) is 0.616. The zero-order valence-corrected chi connectivity index (χ0v) is 8.79. The maximum atomic E-state index is 10.9. The highest BCUT2D eigenvalue weighted by Gasteiger charge is 2.19. The van der Waals surface area contributed by atoms with Gasteiger partial charge in [-0.15, -0.1) is 0 Å². The van der Waals surface area contributed by atoms with Crippen molar-refractivity contribution in [1.29, 1.82) is 5.41 Å². The molecule has 6 heteroatoms. The molecule has 0 spiro atoms. The van der Waals surface area contributed by atoms with E-state index in [0.29, 0.717) is 12.4 Å². The van der Waals surface area contributed by atoms with Gasteiger partial charge in [0.1, 0.15) is 6.04 Å². The van der Waals surface area contributed by atoms with E-state index in [2.05, 4.69) is 10.1 Å². The summed E-state index contributed by atoms with van der Waals surface area (Å²) in [5.41, 5.74) is 5.48. The number of nitrogens with two attached hydrogens (primary N) is 1. The molecule has 0 aliphatic carbocycles. The fraction of sp³-hybridized carbons (Fsp3) is 0.778. The van der Waals surface area contributed by atoms with Gasteiger partial charge in [0.05, 0.1) is 32.2 Å². The van der Waals surface area contributed by atoms with Gasteiger partial charge in [0.2, 0.25) is 0 Å². The SMILES string of the molecule is COC(=O)[C@@H](N)COC[C@@H]1CCC(=N)N1. The van der Waals surface area contributed by atoms with Gasteiger partial charge in [-0.25, -0.2) is 0 Å². The zero-order chi connectivity index (χ0) is 11.3. The first kappa shape index (κ1) is 11.9. The molecule has 6 nitrogen and oxygen atoms in total. The summed E-state index contributed by atoms with van der Waals surface area (Å²) < 4.78 is 9.72. The summed E-state index contributed by atoms with van der Waals surface area (Å²) in [6, 6.07) is -0.557. The highest BCUT2D eigenvalue weighted by atomic mass is 16.5. The van der Waals surface area contributed by atoms with Gasteiger partial charge in [-0.2, -0.15) is 0 Å². The number of carbonyl (C=O) groups is 1. The number of carbonyl (C=O) groups excluding carboxylic acids is 1. The minimum Gasteiger partial charge on any atom is -0.468 e. The van der Waals surface area contributed by atoms with E-state index in [-0.39, 0.29) is 12.6 Å². The number of rotatable bonds is 5. The van der Waals surface area contributed by atoms with Crippen LogP contribution in [0.4, 0.5) is 0 Å². The quantitative estimate of drug-likeness (QED) is 0.523. The van der Waals surface area contributed by atoms with Crippen molar-refractivity contribution in [3.05, 3.63) is 0 Å². The topological polar surface area (TPSA) is 97.4 Å². The van der Waals surface area contributed by atoms with Gasteiger partial charge in [0.25, 0.3) is 0 Å². The van der Waals surface area contributed by atoms with Crippen LogP contribution in [0.3, 0.4) is 0 Å². The number of methoxy groups -OCH3 is 1. The second-order valence-corrected chi connectivity index (χ2v) is 3.53. The Balaban J connectivity index is 2.11. The summed E-state index contributed by atoms with van der Waals surface area (Å²) in [5, 5.41) is 10.3. The summed E-state index contributed by atoms with van der Waals surface area (Å²) >= 11 is 0. The van der Waals surface area contributed by atoms with Gasteiger partial charge >= 0.3 is 5.97 Å². The maximum Gasteiger partial charge on any atom is 0.325 e. The Bertz CT molecular complexity index is 245. The lowest BCUT2D eigenvalue weighted by Crippen LogP contribution is -2.38. The molecule has 4 N–H and O–H groups in total. The molecule has 15 heavy (non-hydrogen) atoms. The molecule has 0 amide bonds. The largest absolute Gasteiger partial charge is 0.468 e. The Hall–Kier alpha value is -1.14. The number of ether oxygens (including phenoxy) is 2. The lowest BCUT2D eigenvalue weighted by atomic mass is 10.2. The minimum absolute atomic E-state index is 0.151. The first-order chi connectivity index (χ1) is 7.13. The lowest BCUT2D eigenvalue weighted by molar-refractivity contribution is -0.143. The van der Waals surface area contributed by atoms with Crippen LogP contribution >= 0.6 is 0 Å². The molecular formula is C9H17N3O3. The van der Waals surface area contributed by atoms with Crippen molar-refractivity contribution in [2.75, 3.05) is 20.3 Å². The van der Waals surface area contributed by atoms with E-state index in [0.717, 1.165) is 12.8 Å². The van der Waals surface area contributed by atoms with Gasteiger partial charge in [0, 0.05) is 6.42 Å². The first-order valence-electron chi connectivity index (χ1n) is 4.88. The molecule has 0 unspecified atom stereocenters. The number of hydrogen-bond acceptors (Lipinski definition) is 5. The van der Waals surface area contributed by atoms with Crippen LogP contribution < -0.4 is 11.1 Å². The van der Waals surface area contributed by atoms with E-state index in [1.54, 1.807) is 0 Å². The molecule has 0 radical (unpaired) electrons. The summed E-state index contributed by atoms with van der Waals surface area (Å²) in [4.78, 5) is 10.9. The molecule has 0 saturated carbocycles. The van der Waals surface area contributed by atoms with Crippen LogP contribution in [0, 0.1) is 5.41 Å². The van der Waals surface area contributed by atoms with Gasteiger partial charge in [-0.05, 0) is 6.42 Å². The normalized spacial score (nSPS) is 22.3. The highest BCUT2D eigenvalue weighted by molar-refractivity contribution is 5.81. The standard InChI is InChI=1S/C9H17N3O3/c1-14-9(13)7(10)5-15-4-6-2-3-8(11)12-6/h6-7H,2-5,10H2,1H3,(H2,11,12)/t6-,7-/m0/s1. The third kappa shape index (κ3) is 3.85. The summed E-state index contributed by atoms with van der Waals surface area (Å²) in [7, 11) is 1.29. The van der Waals surface area contributed by atoms with Crippen LogP contribution in [-0.2, 0) is 14.3 Å². The predicted octanol–water partition coefficient (Wildman–Crippen LogP) is -0.767. The molecule has 1 rings (SSSR count). The Morgan fingerprint density at radius 3 is 3.07 bits per heavy atom. The lowest BCUT2D eigenvalue weighted by Gasteiger charge is -2.13. The van der Waals surface area contributed by atoms with Gasteiger partial charge in [-0.1, -0.05) is 0 Å². The Kier molecular flexibility index (Phi) is 4.51. The van der Waals surface area contributed by atoms with Crippen molar-refractivity contribution in [3.8, 4) is 0 Å². The molecule has 1 saturated heterocycles. The molecule has 0 aromatic heterocycles. The number of hydrogen-bond donors (Lipinski definition) is 3. The second-order valence-electron chi connectivity index (χ2n) is 3.53. The number of nitrogens with one attached hydrogen (secondary N) is 2. The predicted molar refractivity (Wildman–Crippen MR) is 54.7 cm³/mol. The Morgan fingerprint density at radius 1 is 1.80 bits per heavy atom. The third-order valence-corrected chi connectivity index (χ3v) is 2.24. The molecule has 2 atom stereocenters. The highest BCUT2D eigenvalue weighted by Crippen LogP contribution is 2.06. The van der Waals surface area contributed by atoms with Crippen molar-refractivity contribution in [3.63, 3.8) is 0 Å². The average Bonchev–Trinajstić information content (AvgIpc) is 2.63. The number of esters is 1. The van der Waals surface area contributed by atoms with Gasteiger partial charge < -0.3 is 20.5 Å². The van der Waals surface area contributed by atoms with Crippen LogP contribution in [-0.4, -0.2) is 44.2 Å². The van der Waals surface area contributed by atoms with E-state index < -0.39 is 12.0 Å². The molecule has 0 bridgehead atoms. The molecule has 1 fully saturated rings. The van der Waals surface area contributed by atoms with E-state index in [4.69, 9.17) is 15.9 Å². The monoisotopic (exact) mass is 215 g/mol. The molecule has 1 aliphatic heterocycles. The van der Waals surface area contributed by atoms with Crippen LogP contribution in [0.25, 0.3) is 0 Å². The van der Waals surface area contributed by atoms with Gasteiger partial charge in [0.15, 0.2) is 0 Å². The zero-order valence-electron chi connectivity index (χ0n) is 8.79. The van der Waals surface area contributed by atoms with Crippen LogP contribution in [0.2, 0.25) is 0 Å². The maximum absolute atomic E-state index is 10.9. The van der Waals surface area contributed by atoms with E-state index in [1.165, 1.54) is 7.11 Å². The van der Waals surface area contributed by atoms with Crippen molar-refractivity contribution < 1.29 is 14.3 Å². The van der Waals surface area contributed by atoms with Crippen LogP contribution in [0.1, 0.15) is 12.8 Å². The van der Waals surface area contributed by atoms with Crippen molar-refractivity contribution in [2.24, 2.45) is 5.73 Å². The fourth-order valence-electron chi connectivity index (χ4n) is 1.39. The van der Waals surface area contributed by atoms with Crippen molar-refractivity contribution >= 4 is 11.8 Å². The Morgan fingerprint density at radius 2 is 2.53 bits per heavy atom. The van der Waals surface area contributed by atoms with Crippen LogP contribution in [0.5, 0.6) is 0 Å². The summed E-state index contributed by atoms with van der Waals surface area (Å²) in [5.74, 6) is 0.0722. The molecule has 1 heterocycles. The van der Waals surface area contributed by atoms with E-state index in [1.807, 2.05) is 0 Å². The second kappa shape index (κ2) is 5.67. The minimum atomic E-state index is -0.726. The molecule has 0 aromatic rings. The Labute approximate surface area is 88.6 Å². The molecule has 1 aliphatic rings. The third-order valence-electron chi connectivity index (χ3n) is 2.24. The molecule has 0 aromatic carbocycles. The average molecular weight is 215 g/mol. The smallest absolute Gasteiger partial charge is 0.325 e. The van der Waals surface area contributed by atoms with Gasteiger partial charge in [-0.3, -0.25) is 10.2 Å². The molecule has 86 valence electrons. The first-order valence-corrected chi connectivity index (χ1v) is 4.88. The van der Waals surface area contributed by atoms with E-state index in [9.17, 15) is 4.79 Å². The summed E-state index contributed by atoms with van der Waals surface area (Å²) in [6.07, 6.45) is 1.66. The van der Waals surface area contributed by atoms with Crippen molar-refractivity contribution in [1.82, 2.24) is 5.32 Å². The fourth-order valence-corrected chi connectivity index (χ4v) is 1.39. The molecular weight excluding hydrogens is 198 g/mol. The van der Waals surface area contributed by atoms with E-state index >= 15 is 0 Å². The van der Waals surface area contributed by atoms with Crippen LogP contribution in [0.15, 0.2) is 0 Å². The van der Waals surface area contributed by atoms with Crippen molar-refractivity contribution in [2.45, 2.75) is 24.9 Å². The number of amidine groups is 1.